The molecule has 5 rings (SSSR count). The van der Waals surface area contributed by atoms with Crippen molar-refractivity contribution >= 4 is 5.91 Å². The van der Waals surface area contributed by atoms with Crippen LogP contribution in [0, 0.1) is 23.2 Å². The molecule has 1 heterocycles. The maximum Gasteiger partial charge on any atom is 0.242 e. The highest BCUT2D eigenvalue weighted by Crippen LogP contribution is 2.60. The molecule has 136 valence electrons. The molecule has 0 spiro atoms. The van der Waals surface area contributed by atoms with Crippen molar-refractivity contribution in [3.05, 3.63) is 34.7 Å². The van der Waals surface area contributed by atoms with Crippen LogP contribution in [0.1, 0.15) is 38.5 Å². The van der Waals surface area contributed by atoms with Gasteiger partial charge in [-0.05, 0) is 61.7 Å². The highest BCUT2D eigenvalue weighted by molar-refractivity contribution is 5.76. The normalized spacial score (nSPS) is 32.8. The van der Waals surface area contributed by atoms with E-state index < -0.39 is 0 Å². The quantitative estimate of drug-likeness (QED) is 0.857. The fourth-order valence-electron chi connectivity index (χ4n) is 6.11. The molecule has 0 unspecified atom stereocenters. The number of pyridine rings is 1. The molecule has 0 aromatic carbocycles. The fourth-order valence-corrected chi connectivity index (χ4v) is 6.11. The van der Waals surface area contributed by atoms with Crippen molar-refractivity contribution in [3.8, 4) is 0 Å². The molecule has 1 N–H and O–H groups in total. The number of amides is 1. The van der Waals surface area contributed by atoms with E-state index in [1.165, 1.54) is 50.7 Å². The standard InChI is InChI=1S/C20H28N2O3/c23-6-5-22(19(25)13-21-3-1-18(24)2-4-21)14-20-10-15-7-16(11-20)9-17(8-15)12-20/h1-4,15-17,23H,5-14H2. The van der Waals surface area contributed by atoms with Gasteiger partial charge in [-0.1, -0.05) is 0 Å². The number of carbonyl (C=O) groups excluding carboxylic acids is 1. The highest BCUT2D eigenvalue weighted by Gasteiger charge is 2.51. The minimum atomic E-state index is -0.0514. The van der Waals surface area contributed by atoms with Crippen LogP contribution < -0.4 is 5.43 Å². The molecule has 5 nitrogen and oxygen atoms in total. The zero-order valence-corrected chi connectivity index (χ0v) is 14.8. The molecule has 25 heavy (non-hydrogen) atoms. The van der Waals surface area contributed by atoms with Crippen molar-refractivity contribution in [1.29, 1.82) is 0 Å². The first-order chi connectivity index (χ1) is 12.0. The van der Waals surface area contributed by atoms with Crippen molar-refractivity contribution in [2.75, 3.05) is 19.7 Å². The third-order valence-electron chi connectivity index (χ3n) is 6.59. The number of aliphatic hydroxyl groups excluding tert-OH is 1. The zero-order valence-electron chi connectivity index (χ0n) is 14.8. The van der Waals surface area contributed by atoms with Crippen LogP contribution in [0.4, 0.5) is 0 Å². The third kappa shape index (κ3) is 3.52. The Morgan fingerprint density at radius 2 is 1.68 bits per heavy atom. The molecule has 4 aliphatic carbocycles. The lowest BCUT2D eigenvalue weighted by Gasteiger charge is -2.57. The predicted octanol–water partition coefficient (Wildman–Crippen LogP) is 1.89. The van der Waals surface area contributed by atoms with Crippen molar-refractivity contribution < 1.29 is 9.90 Å². The first kappa shape index (κ1) is 16.8. The second-order valence-corrected chi connectivity index (χ2v) is 8.66. The molecule has 5 heteroatoms. The molecule has 0 atom stereocenters. The molecule has 0 aliphatic heterocycles. The molecule has 4 bridgehead atoms. The molecule has 4 fully saturated rings. The average molecular weight is 344 g/mol. The molecule has 4 saturated carbocycles. The average Bonchev–Trinajstić information content (AvgIpc) is 2.55. The molecule has 1 amide bonds. The summed E-state index contributed by atoms with van der Waals surface area (Å²) in [5.74, 6) is 2.61. The number of carbonyl (C=O) groups is 1. The van der Waals surface area contributed by atoms with E-state index in [2.05, 4.69) is 0 Å². The zero-order chi connectivity index (χ0) is 17.4. The largest absolute Gasteiger partial charge is 0.395 e. The lowest BCUT2D eigenvalue weighted by molar-refractivity contribution is -0.138. The van der Waals surface area contributed by atoms with Gasteiger partial charge in [0.25, 0.3) is 0 Å². The lowest BCUT2D eigenvalue weighted by Crippen LogP contribution is -2.53. The summed E-state index contributed by atoms with van der Waals surface area (Å²) >= 11 is 0. The van der Waals surface area contributed by atoms with Crippen molar-refractivity contribution in [2.45, 2.75) is 45.1 Å². The number of rotatable bonds is 6. The molecular weight excluding hydrogens is 316 g/mol. The van der Waals surface area contributed by atoms with E-state index in [1.54, 1.807) is 17.0 Å². The first-order valence-corrected chi connectivity index (χ1v) is 9.60. The minimum absolute atomic E-state index is 0.00225. The Labute approximate surface area is 148 Å². The van der Waals surface area contributed by atoms with E-state index in [0.29, 0.717) is 6.54 Å². The van der Waals surface area contributed by atoms with Crippen LogP contribution in [0.25, 0.3) is 0 Å². The van der Waals surface area contributed by atoms with Crippen molar-refractivity contribution in [1.82, 2.24) is 9.47 Å². The van der Waals surface area contributed by atoms with E-state index in [9.17, 15) is 14.7 Å². The van der Waals surface area contributed by atoms with Gasteiger partial charge < -0.3 is 14.6 Å². The highest BCUT2D eigenvalue weighted by atomic mass is 16.3. The Balaban J connectivity index is 1.46. The number of aromatic nitrogens is 1. The molecule has 0 saturated heterocycles. The Bertz CT molecular complexity index is 641. The summed E-state index contributed by atoms with van der Waals surface area (Å²) < 4.78 is 1.74. The minimum Gasteiger partial charge on any atom is -0.395 e. The smallest absolute Gasteiger partial charge is 0.242 e. The van der Waals surface area contributed by atoms with Gasteiger partial charge in [0, 0.05) is 37.6 Å². The van der Waals surface area contributed by atoms with Gasteiger partial charge in [-0.15, -0.1) is 0 Å². The van der Waals surface area contributed by atoms with Crippen molar-refractivity contribution in [3.63, 3.8) is 0 Å². The number of hydrogen-bond acceptors (Lipinski definition) is 3. The van der Waals surface area contributed by atoms with Crippen LogP contribution >= 0.6 is 0 Å². The Kier molecular flexibility index (Phi) is 4.44. The summed E-state index contributed by atoms with van der Waals surface area (Å²) in [6, 6.07) is 2.95. The van der Waals surface area contributed by atoms with Gasteiger partial charge in [-0.25, -0.2) is 0 Å². The van der Waals surface area contributed by atoms with Crippen LogP contribution in [-0.4, -0.2) is 40.2 Å². The second kappa shape index (κ2) is 6.60. The summed E-state index contributed by atoms with van der Waals surface area (Å²) in [7, 11) is 0. The number of aliphatic hydroxyl groups is 1. The number of hydrogen-bond donors (Lipinski definition) is 1. The maximum absolute atomic E-state index is 12.8. The SMILES string of the molecule is O=C(Cn1ccc(=O)cc1)N(CCO)CC12CC3CC(CC(C3)C1)C2. The molecule has 1 aromatic heterocycles. The van der Waals surface area contributed by atoms with Gasteiger partial charge in [0.15, 0.2) is 5.43 Å². The summed E-state index contributed by atoms with van der Waals surface area (Å²) in [5.41, 5.74) is 0.229. The summed E-state index contributed by atoms with van der Waals surface area (Å²) in [6.45, 7) is 1.42. The van der Waals surface area contributed by atoms with E-state index in [0.717, 1.165) is 24.3 Å². The van der Waals surface area contributed by atoms with Crippen LogP contribution in [0.15, 0.2) is 29.3 Å². The summed E-state index contributed by atoms with van der Waals surface area (Å²) in [4.78, 5) is 25.9. The molecule has 0 radical (unpaired) electrons. The van der Waals surface area contributed by atoms with Crippen LogP contribution in [0.5, 0.6) is 0 Å². The Hall–Kier alpha value is -1.62. The molecule has 1 aromatic rings. The van der Waals surface area contributed by atoms with Gasteiger partial charge >= 0.3 is 0 Å². The maximum atomic E-state index is 12.8. The number of nitrogens with zero attached hydrogens (tertiary/aromatic N) is 2. The Morgan fingerprint density at radius 3 is 2.20 bits per heavy atom. The van der Waals surface area contributed by atoms with E-state index >= 15 is 0 Å². The van der Waals surface area contributed by atoms with Crippen LogP contribution in [0.2, 0.25) is 0 Å². The van der Waals surface area contributed by atoms with Gasteiger partial charge in [0.1, 0.15) is 6.54 Å². The lowest BCUT2D eigenvalue weighted by atomic mass is 9.49. The second-order valence-electron chi connectivity index (χ2n) is 8.66. The first-order valence-electron chi connectivity index (χ1n) is 9.60. The monoisotopic (exact) mass is 344 g/mol. The van der Waals surface area contributed by atoms with E-state index in [-0.39, 0.29) is 29.9 Å². The predicted molar refractivity (Wildman–Crippen MR) is 95.0 cm³/mol. The summed E-state index contributed by atoms with van der Waals surface area (Å²) in [6.07, 6.45) is 11.3. The Morgan fingerprint density at radius 1 is 1.12 bits per heavy atom. The summed E-state index contributed by atoms with van der Waals surface area (Å²) in [5, 5.41) is 9.46. The van der Waals surface area contributed by atoms with Crippen molar-refractivity contribution in [2.24, 2.45) is 23.2 Å². The topological polar surface area (TPSA) is 62.5 Å². The van der Waals surface area contributed by atoms with E-state index in [4.69, 9.17) is 0 Å². The molecular formula is C20H28N2O3. The van der Waals surface area contributed by atoms with E-state index in [1.807, 2.05) is 4.90 Å². The van der Waals surface area contributed by atoms with Gasteiger partial charge in [0.05, 0.1) is 6.61 Å². The van der Waals surface area contributed by atoms with Gasteiger partial charge in [-0.2, -0.15) is 0 Å². The molecule has 4 aliphatic rings. The van der Waals surface area contributed by atoms with Gasteiger partial charge in [-0.3, -0.25) is 9.59 Å². The van der Waals surface area contributed by atoms with Gasteiger partial charge in [0.2, 0.25) is 5.91 Å². The third-order valence-corrected chi connectivity index (χ3v) is 6.59. The van der Waals surface area contributed by atoms with Crippen LogP contribution in [0.3, 0.4) is 0 Å². The van der Waals surface area contributed by atoms with Crippen LogP contribution in [-0.2, 0) is 11.3 Å². The fraction of sp³-hybridized carbons (Fsp3) is 0.700.